The molecule has 0 heterocycles. The first-order chi connectivity index (χ1) is 9.83. The number of hydrogen-bond acceptors (Lipinski definition) is 1. The molecule has 0 aliphatic heterocycles. The molecular formula is C18H19ClO. The SMILES string of the molecule is CCCCOC(=C(Cl)c1ccccc1)c1ccccc1. The zero-order valence-corrected chi connectivity index (χ0v) is 12.4. The van der Waals surface area contributed by atoms with Crippen molar-refractivity contribution in [2.75, 3.05) is 6.61 Å². The molecule has 0 aromatic heterocycles. The normalized spacial score (nSPS) is 11.9. The van der Waals surface area contributed by atoms with Gasteiger partial charge in [-0.15, -0.1) is 0 Å². The molecule has 0 spiro atoms. The Hall–Kier alpha value is -1.73. The van der Waals surface area contributed by atoms with E-state index in [0.29, 0.717) is 11.6 Å². The van der Waals surface area contributed by atoms with Crippen LogP contribution in [0.5, 0.6) is 0 Å². The maximum atomic E-state index is 6.54. The van der Waals surface area contributed by atoms with E-state index in [2.05, 4.69) is 6.92 Å². The minimum atomic E-state index is 0.660. The van der Waals surface area contributed by atoms with Crippen LogP contribution >= 0.6 is 11.6 Å². The highest BCUT2D eigenvalue weighted by Gasteiger charge is 2.10. The Morgan fingerprint density at radius 3 is 2.00 bits per heavy atom. The molecule has 0 aliphatic rings. The Morgan fingerprint density at radius 1 is 0.900 bits per heavy atom. The summed E-state index contributed by atoms with van der Waals surface area (Å²) >= 11 is 6.54. The van der Waals surface area contributed by atoms with Gasteiger partial charge in [-0.3, -0.25) is 0 Å². The summed E-state index contributed by atoms with van der Waals surface area (Å²) in [5, 5.41) is 0.660. The largest absolute Gasteiger partial charge is 0.491 e. The Labute approximate surface area is 125 Å². The topological polar surface area (TPSA) is 9.23 Å². The van der Waals surface area contributed by atoms with Gasteiger partial charge < -0.3 is 4.74 Å². The monoisotopic (exact) mass is 286 g/mol. The fourth-order valence-corrected chi connectivity index (χ4v) is 2.19. The summed E-state index contributed by atoms with van der Waals surface area (Å²) < 4.78 is 5.93. The van der Waals surface area contributed by atoms with Crippen LogP contribution in [0.4, 0.5) is 0 Å². The van der Waals surface area contributed by atoms with Crippen LogP contribution in [0.2, 0.25) is 0 Å². The Bertz CT molecular complexity index is 546. The summed E-state index contributed by atoms with van der Waals surface area (Å²) in [6, 6.07) is 19.9. The van der Waals surface area contributed by atoms with E-state index in [1.807, 2.05) is 60.7 Å². The molecule has 0 saturated heterocycles. The summed E-state index contributed by atoms with van der Waals surface area (Å²) in [6.45, 7) is 2.83. The van der Waals surface area contributed by atoms with Crippen LogP contribution in [0.1, 0.15) is 30.9 Å². The van der Waals surface area contributed by atoms with Crippen LogP contribution in [-0.4, -0.2) is 6.61 Å². The Kier molecular flexibility index (Phi) is 5.69. The van der Waals surface area contributed by atoms with Gasteiger partial charge in [-0.25, -0.2) is 0 Å². The molecule has 2 aromatic rings. The predicted octanol–water partition coefficient (Wildman–Crippen LogP) is 5.57. The minimum absolute atomic E-state index is 0.660. The first-order valence-corrected chi connectivity index (χ1v) is 7.34. The molecule has 2 rings (SSSR count). The molecular weight excluding hydrogens is 268 g/mol. The first kappa shape index (κ1) is 14.7. The molecule has 0 aliphatic carbocycles. The van der Waals surface area contributed by atoms with Gasteiger partial charge in [-0.2, -0.15) is 0 Å². The van der Waals surface area contributed by atoms with Crippen molar-refractivity contribution >= 4 is 22.4 Å². The van der Waals surface area contributed by atoms with Gasteiger partial charge in [0.2, 0.25) is 0 Å². The molecule has 0 unspecified atom stereocenters. The lowest BCUT2D eigenvalue weighted by atomic mass is 10.1. The lowest BCUT2D eigenvalue weighted by molar-refractivity contribution is 0.271. The van der Waals surface area contributed by atoms with Gasteiger partial charge in [0.05, 0.1) is 11.6 Å². The first-order valence-electron chi connectivity index (χ1n) is 6.96. The quantitative estimate of drug-likeness (QED) is 0.383. The number of halogens is 1. The van der Waals surface area contributed by atoms with E-state index in [4.69, 9.17) is 16.3 Å². The van der Waals surface area contributed by atoms with Gasteiger partial charge in [0.25, 0.3) is 0 Å². The second-order valence-electron chi connectivity index (χ2n) is 4.58. The molecule has 0 radical (unpaired) electrons. The van der Waals surface area contributed by atoms with E-state index in [1.54, 1.807) is 0 Å². The van der Waals surface area contributed by atoms with Crippen LogP contribution in [-0.2, 0) is 4.74 Å². The molecule has 104 valence electrons. The van der Waals surface area contributed by atoms with Crippen LogP contribution in [0.25, 0.3) is 10.8 Å². The maximum absolute atomic E-state index is 6.54. The summed E-state index contributed by atoms with van der Waals surface area (Å²) in [5.74, 6) is 0.756. The van der Waals surface area contributed by atoms with Crippen LogP contribution in [0.15, 0.2) is 60.7 Å². The van der Waals surface area contributed by atoms with Gasteiger partial charge >= 0.3 is 0 Å². The summed E-state index contributed by atoms with van der Waals surface area (Å²) in [6.07, 6.45) is 2.13. The third-order valence-electron chi connectivity index (χ3n) is 3.01. The van der Waals surface area contributed by atoms with Crippen LogP contribution in [0, 0.1) is 0 Å². The van der Waals surface area contributed by atoms with E-state index in [9.17, 15) is 0 Å². The molecule has 20 heavy (non-hydrogen) atoms. The van der Waals surface area contributed by atoms with E-state index < -0.39 is 0 Å². The molecule has 1 nitrogen and oxygen atoms in total. The summed E-state index contributed by atoms with van der Waals surface area (Å²) in [7, 11) is 0. The van der Waals surface area contributed by atoms with Gasteiger partial charge in [0, 0.05) is 5.56 Å². The van der Waals surface area contributed by atoms with Gasteiger partial charge in [0.15, 0.2) is 0 Å². The fraction of sp³-hybridized carbons (Fsp3) is 0.222. The highest BCUT2D eigenvalue weighted by molar-refractivity contribution is 6.52. The van der Waals surface area contributed by atoms with Crippen molar-refractivity contribution in [1.29, 1.82) is 0 Å². The lowest BCUT2D eigenvalue weighted by Crippen LogP contribution is -1.97. The van der Waals surface area contributed by atoms with E-state index >= 15 is 0 Å². The average molecular weight is 287 g/mol. The van der Waals surface area contributed by atoms with Crippen molar-refractivity contribution in [2.45, 2.75) is 19.8 Å². The van der Waals surface area contributed by atoms with Crippen molar-refractivity contribution in [3.63, 3.8) is 0 Å². The lowest BCUT2D eigenvalue weighted by Gasteiger charge is -2.13. The average Bonchev–Trinajstić information content (AvgIpc) is 2.53. The zero-order chi connectivity index (χ0) is 14.2. The second kappa shape index (κ2) is 7.76. The van der Waals surface area contributed by atoms with E-state index in [1.165, 1.54) is 0 Å². The molecule has 0 saturated carbocycles. The highest BCUT2D eigenvalue weighted by Crippen LogP contribution is 2.30. The fourth-order valence-electron chi connectivity index (χ4n) is 1.90. The van der Waals surface area contributed by atoms with Crippen LogP contribution < -0.4 is 0 Å². The Morgan fingerprint density at radius 2 is 1.45 bits per heavy atom. The van der Waals surface area contributed by atoms with Gasteiger partial charge in [-0.05, 0) is 12.0 Å². The number of rotatable bonds is 6. The smallest absolute Gasteiger partial charge is 0.145 e. The van der Waals surface area contributed by atoms with E-state index in [0.717, 1.165) is 29.7 Å². The molecule has 2 heteroatoms. The molecule has 0 fully saturated rings. The van der Waals surface area contributed by atoms with Crippen molar-refractivity contribution in [2.24, 2.45) is 0 Å². The molecule has 0 bridgehead atoms. The highest BCUT2D eigenvalue weighted by atomic mass is 35.5. The van der Waals surface area contributed by atoms with Gasteiger partial charge in [-0.1, -0.05) is 85.6 Å². The molecule has 0 amide bonds. The number of ether oxygens (including phenoxy) is 1. The number of hydrogen-bond donors (Lipinski definition) is 0. The van der Waals surface area contributed by atoms with Crippen molar-refractivity contribution < 1.29 is 4.74 Å². The number of benzene rings is 2. The third-order valence-corrected chi connectivity index (χ3v) is 3.40. The molecule has 0 N–H and O–H groups in total. The van der Waals surface area contributed by atoms with Crippen molar-refractivity contribution in [3.05, 3.63) is 71.8 Å². The van der Waals surface area contributed by atoms with E-state index in [-0.39, 0.29) is 0 Å². The maximum Gasteiger partial charge on any atom is 0.145 e. The Balaban J connectivity index is 2.35. The predicted molar refractivity (Wildman–Crippen MR) is 86.4 cm³/mol. The van der Waals surface area contributed by atoms with Crippen LogP contribution in [0.3, 0.4) is 0 Å². The van der Waals surface area contributed by atoms with Crippen molar-refractivity contribution in [3.8, 4) is 0 Å². The van der Waals surface area contributed by atoms with Crippen molar-refractivity contribution in [1.82, 2.24) is 0 Å². The third kappa shape index (κ3) is 3.88. The summed E-state index contributed by atoms with van der Waals surface area (Å²) in [4.78, 5) is 0. The standard InChI is InChI=1S/C18H19ClO/c1-2-3-14-20-18(16-12-8-5-9-13-16)17(19)15-10-6-4-7-11-15/h4-13H,2-3,14H2,1H3. The minimum Gasteiger partial charge on any atom is -0.491 e. The zero-order valence-electron chi connectivity index (χ0n) is 11.7. The number of unbranched alkanes of at least 4 members (excludes halogenated alkanes) is 1. The van der Waals surface area contributed by atoms with Gasteiger partial charge in [0.1, 0.15) is 5.76 Å². The second-order valence-corrected chi connectivity index (χ2v) is 4.96. The summed E-state index contributed by atoms with van der Waals surface area (Å²) in [5.41, 5.74) is 1.99. The molecule has 0 atom stereocenters. The molecule has 2 aromatic carbocycles.